The molecule has 0 radical (unpaired) electrons. The second-order valence-electron chi connectivity index (χ2n) is 8.17. The van der Waals surface area contributed by atoms with Crippen molar-refractivity contribution >= 4 is 5.91 Å². The van der Waals surface area contributed by atoms with Crippen molar-refractivity contribution in [3.8, 4) is 5.75 Å². The summed E-state index contributed by atoms with van der Waals surface area (Å²) < 4.78 is 12.1. The molecule has 1 aromatic carbocycles. The lowest BCUT2D eigenvalue weighted by molar-refractivity contribution is -0.133. The molecule has 3 fully saturated rings. The number of hydrogen-bond acceptors (Lipinski definition) is 4. The van der Waals surface area contributed by atoms with Crippen LogP contribution in [0.2, 0.25) is 0 Å². The Kier molecular flexibility index (Phi) is 4.24. The number of ether oxygens (including phenoxy) is 2. The third-order valence-corrected chi connectivity index (χ3v) is 6.06. The summed E-state index contributed by atoms with van der Waals surface area (Å²) in [4.78, 5) is 16.9. The molecule has 1 aromatic rings. The van der Waals surface area contributed by atoms with Crippen LogP contribution in [0.3, 0.4) is 0 Å². The highest BCUT2D eigenvalue weighted by molar-refractivity contribution is 5.78. The Hall–Kier alpha value is -1.59. The number of amides is 1. The van der Waals surface area contributed by atoms with Crippen molar-refractivity contribution in [2.45, 2.75) is 31.5 Å². The van der Waals surface area contributed by atoms with Crippen LogP contribution in [0.5, 0.6) is 5.75 Å². The van der Waals surface area contributed by atoms with Crippen LogP contribution in [0, 0.1) is 18.8 Å². The highest BCUT2D eigenvalue weighted by atomic mass is 16.5. The average molecular weight is 344 g/mol. The highest BCUT2D eigenvalue weighted by Gasteiger charge is 2.63. The number of fused-ring (bicyclic) bond motifs is 1. The Labute approximate surface area is 149 Å². The van der Waals surface area contributed by atoms with Crippen LogP contribution in [-0.4, -0.2) is 67.7 Å². The molecule has 1 spiro atoms. The van der Waals surface area contributed by atoms with E-state index in [2.05, 4.69) is 19.0 Å². The van der Waals surface area contributed by atoms with Crippen molar-refractivity contribution in [2.24, 2.45) is 11.8 Å². The quantitative estimate of drug-likeness (QED) is 0.819. The van der Waals surface area contributed by atoms with Gasteiger partial charge in [0.05, 0.1) is 18.2 Å². The van der Waals surface area contributed by atoms with Crippen LogP contribution in [0.4, 0.5) is 0 Å². The molecule has 4 rings (SSSR count). The topological polar surface area (TPSA) is 42.0 Å². The van der Waals surface area contributed by atoms with Crippen molar-refractivity contribution in [3.05, 3.63) is 29.8 Å². The monoisotopic (exact) mass is 344 g/mol. The lowest BCUT2D eigenvalue weighted by atomic mass is 9.73. The molecule has 0 unspecified atom stereocenters. The van der Waals surface area contributed by atoms with Gasteiger partial charge in [-0.2, -0.15) is 0 Å². The molecule has 3 aliphatic heterocycles. The SMILES string of the molecule is Cc1cccc(OCC(=O)N2C[C@@H]3[C@H](CN(C)C)[C@H]4CC[C@]3(C2)O4)c1. The van der Waals surface area contributed by atoms with Gasteiger partial charge in [-0.15, -0.1) is 0 Å². The number of aryl methyl sites for hydroxylation is 1. The third kappa shape index (κ3) is 3.04. The molecule has 0 aromatic heterocycles. The summed E-state index contributed by atoms with van der Waals surface area (Å²) in [5, 5.41) is 0. The minimum absolute atomic E-state index is 0.0703. The van der Waals surface area contributed by atoms with Crippen molar-refractivity contribution in [1.82, 2.24) is 9.80 Å². The smallest absolute Gasteiger partial charge is 0.260 e. The molecule has 0 aliphatic carbocycles. The number of benzene rings is 1. The fraction of sp³-hybridized carbons (Fsp3) is 0.650. The zero-order valence-electron chi connectivity index (χ0n) is 15.4. The predicted molar refractivity (Wildman–Crippen MR) is 95.6 cm³/mol. The van der Waals surface area contributed by atoms with E-state index in [0.29, 0.717) is 17.9 Å². The first kappa shape index (κ1) is 16.9. The van der Waals surface area contributed by atoms with Gasteiger partial charge in [0.15, 0.2) is 6.61 Å². The summed E-state index contributed by atoms with van der Waals surface area (Å²) >= 11 is 0. The van der Waals surface area contributed by atoms with Gasteiger partial charge in [-0.25, -0.2) is 0 Å². The van der Waals surface area contributed by atoms with Crippen molar-refractivity contribution in [1.29, 1.82) is 0 Å². The minimum atomic E-state index is -0.0929. The van der Waals surface area contributed by atoms with Gasteiger partial charge in [-0.05, 0) is 51.6 Å². The first-order valence-corrected chi connectivity index (χ1v) is 9.27. The van der Waals surface area contributed by atoms with E-state index in [9.17, 15) is 4.79 Å². The van der Waals surface area contributed by atoms with Gasteiger partial charge in [-0.3, -0.25) is 4.79 Å². The lowest BCUT2D eigenvalue weighted by Gasteiger charge is -2.30. The van der Waals surface area contributed by atoms with Gasteiger partial charge in [0.2, 0.25) is 0 Å². The molecule has 25 heavy (non-hydrogen) atoms. The van der Waals surface area contributed by atoms with Gasteiger partial charge < -0.3 is 19.3 Å². The molecule has 2 bridgehead atoms. The predicted octanol–water partition coefficient (Wildman–Crippen LogP) is 1.94. The van der Waals surface area contributed by atoms with Gasteiger partial charge in [0.25, 0.3) is 5.91 Å². The second-order valence-corrected chi connectivity index (χ2v) is 8.17. The fourth-order valence-corrected chi connectivity index (χ4v) is 4.99. The first-order chi connectivity index (χ1) is 12.0. The number of hydrogen-bond donors (Lipinski definition) is 0. The Morgan fingerprint density at radius 1 is 1.44 bits per heavy atom. The number of likely N-dealkylation sites (tertiary alicyclic amines) is 1. The summed E-state index contributed by atoms with van der Waals surface area (Å²) in [5.74, 6) is 1.84. The van der Waals surface area contributed by atoms with E-state index in [1.54, 1.807) is 0 Å². The van der Waals surface area contributed by atoms with E-state index in [0.717, 1.165) is 43.8 Å². The molecular formula is C20H28N2O3. The van der Waals surface area contributed by atoms with Crippen molar-refractivity contribution < 1.29 is 14.3 Å². The van der Waals surface area contributed by atoms with E-state index < -0.39 is 0 Å². The minimum Gasteiger partial charge on any atom is -0.484 e. The van der Waals surface area contributed by atoms with Crippen LogP contribution < -0.4 is 4.74 Å². The number of carbonyl (C=O) groups excluding carboxylic acids is 1. The number of carbonyl (C=O) groups is 1. The fourth-order valence-electron chi connectivity index (χ4n) is 4.99. The Bertz CT molecular complexity index is 662. The van der Waals surface area contributed by atoms with E-state index in [-0.39, 0.29) is 18.1 Å². The van der Waals surface area contributed by atoms with Gasteiger partial charge in [0, 0.05) is 24.9 Å². The van der Waals surface area contributed by atoms with Crippen LogP contribution in [0.25, 0.3) is 0 Å². The summed E-state index contributed by atoms with van der Waals surface area (Å²) in [6, 6.07) is 7.83. The molecule has 5 heteroatoms. The largest absolute Gasteiger partial charge is 0.484 e. The van der Waals surface area contributed by atoms with Gasteiger partial charge >= 0.3 is 0 Å². The molecule has 3 aliphatic rings. The zero-order valence-corrected chi connectivity index (χ0v) is 15.4. The zero-order chi connectivity index (χ0) is 17.6. The Morgan fingerprint density at radius 3 is 3.04 bits per heavy atom. The lowest BCUT2D eigenvalue weighted by Crippen LogP contribution is -2.40. The Morgan fingerprint density at radius 2 is 2.28 bits per heavy atom. The molecule has 0 saturated carbocycles. The van der Waals surface area contributed by atoms with Crippen LogP contribution in [0.1, 0.15) is 18.4 Å². The molecular weight excluding hydrogens is 316 g/mol. The van der Waals surface area contributed by atoms with Crippen molar-refractivity contribution in [2.75, 3.05) is 40.3 Å². The van der Waals surface area contributed by atoms with Crippen LogP contribution in [-0.2, 0) is 9.53 Å². The van der Waals surface area contributed by atoms with Crippen molar-refractivity contribution in [3.63, 3.8) is 0 Å². The molecule has 136 valence electrons. The first-order valence-electron chi connectivity index (χ1n) is 9.27. The summed E-state index contributed by atoms with van der Waals surface area (Å²) in [5.41, 5.74) is 1.04. The van der Waals surface area contributed by atoms with E-state index in [1.165, 1.54) is 0 Å². The number of rotatable bonds is 5. The van der Waals surface area contributed by atoms with Crippen LogP contribution in [0.15, 0.2) is 24.3 Å². The molecule has 3 heterocycles. The molecule has 4 atom stereocenters. The average Bonchev–Trinajstić information content (AvgIpc) is 3.22. The maximum Gasteiger partial charge on any atom is 0.260 e. The maximum absolute atomic E-state index is 12.7. The van der Waals surface area contributed by atoms with Gasteiger partial charge in [0.1, 0.15) is 5.75 Å². The summed E-state index contributed by atoms with van der Waals surface area (Å²) in [7, 11) is 4.23. The highest BCUT2D eigenvalue weighted by Crippen LogP contribution is 2.54. The van der Waals surface area contributed by atoms with Gasteiger partial charge in [-0.1, -0.05) is 12.1 Å². The Balaban J connectivity index is 1.39. The van der Waals surface area contributed by atoms with E-state index >= 15 is 0 Å². The normalized spacial score (nSPS) is 33.1. The second kappa shape index (κ2) is 6.29. The molecule has 5 nitrogen and oxygen atoms in total. The third-order valence-electron chi connectivity index (χ3n) is 6.06. The summed E-state index contributed by atoms with van der Waals surface area (Å²) in [6.45, 7) is 4.71. The van der Waals surface area contributed by atoms with Crippen LogP contribution >= 0.6 is 0 Å². The molecule has 3 saturated heterocycles. The summed E-state index contributed by atoms with van der Waals surface area (Å²) in [6.07, 6.45) is 2.61. The van der Waals surface area contributed by atoms with E-state index in [4.69, 9.17) is 9.47 Å². The maximum atomic E-state index is 12.7. The molecule has 0 N–H and O–H groups in total. The standard InChI is InChI=1S/C20H28N2O3/c1-14-5-4-6-15(9-14)24-12-19(23)22-11-17-16(10-21(2)3)18-7-8-20(17,13-22)25-18/h4-6,9,16-18H,7-8,10-13H2,1-3H3/t16-,17+,18+,20+/m0/s1. The van der Waals surface area contributed by atoms with E-state index in [1.807, 2.05) is 36.1 Å². The molecule has 1 amide bonds. The number of nitrogens with zero attached hydrogens (tertiary/aromatic N) is 2.